The lowest BCUT2D eigenvalue weighted by molar-refractivity contribution is 0.0243. The van der Waals surface area contributed by atoms with Crippen LogP contribution in [0, 0.1) is 0 Å². The first kappa shape index (κ1) is 16.8. The van der Waals surface area contributed by atoms with E-state index < -0.39 is 0 Å². The van der Waals surface area contributed by atoms with E-state index in [2.05, 4.69) is 63.9 Å². The molecule has 130 valence electrons. The highest BCUT2D eigenvalue weighted by Crippen LogP contribution is 2.23. The molecule has 1 unspecified atom stereocenters. The fraction of sp³-hybridized carbons (Fsp3) is 0.526. The fourth-order valence-electron chi connectivity index (χ4n) is 3.21. The summed E-state index contributed by atoms with van der Waals surface area (Å²) in [4.78, 5) is 6.67. The third-order valence-corrected chi connectivity index (χ3v) is 4.71. The van der Waals surface area contributed by atoms with Crippen molar-refractivity contribution in [2.45, 2.75) is 31.9 Å². The lowest BCUT2D eigenvalue weighted by atomic mass is 10.0. The monoisotopic (exact) mass is 328 g/mol. The van der Waals surface area contributed by atoms with Gasteiger partial charge in [0.1, 0.15) is 0 Å². The molecule has 0 amide bonds. The van der Waals surface area contributed by atoms with Gasteiger partial charge in [0.05, 0.1) is 5.60 Å². The molecular formula is C19H28N4O. The van der Waals surface area contributed by atoms with Gasteiger partial charge in [-0.3, -0.25) is 4.99 Å². The molecule has 0 spiro atoms. The van der Waals surface area contributed by atoms with Crippen LogP contribution in [0.3, 0.4) is 0 Å². The number of hydrogen-bond donors (Lipinski definition) is 2. The summed E-state index contributed by atoms with van der Waals surface area (Å²) in [6.07, 6.45) is 6.66. The van der Waals surface area contributed by atoms with E-state index in [1.54, 1.807) is 7.05 Å². The van der Waals surface area contributed by atoms with Gasteiger partial charge in [-0.25, -0.2) is 0 Å². The van der Waals surface area contributed by atoms with E-state index in [4.69, 9.17) is 4.74 Å². The second-order valence-electron chi connectivity index (χ2n) is 6.73. The van der Waals surface area contributed by atoms with Crippen LogP contribution in [0.1, 0.15) is 25.3 Å². The first-order chi connectivity index (χ1) is 11.7. The van der Waals surface area contributed by atoms with Crippen LogP contribution in [0.5, 0.6) is 0 Å². The van der Waals surface area contributed by atoms with Gasteiger partial charge in [0, 0.05) is 45.5 Å². The van der Waals surface area contributed by atoms with Crippen LogP contribution in [0.25, 0.3) is 0 Å². The van der Waals surface area contributed by atoms with Crippen LogP contribution in [0.15, 0.2) is 41.4 Å². The summed E-state index contributed by atoms with van der Waals surface area (Å²) >= 11 is 0. The van der Waals surface area contributed by atoms with Gasteiger partial charge in [0.15, 0.2) is 5.96 Å². The number of rotatable bonds is 5. The molecule has 3 rings (SSSR count). The molecule has 0 aliphatic carbocycles. The molecule has 0 bridgehead atoms. The third kappa shape index (κ3) is 4.29. The van der Waals surface area contributed by atoms with Crippen molar-refractivity contribution in [1.82, 2.24) is 10.6 Å². The molecule has 5 heteroatoms. The Kier molecular flexibility index (Phi) is 5.41. The van der Waals surface area contributed by atoms with Gasteiger partial charge in [-0.2, -0.15) is 0 Å². The van der Waals surface area contributed by atoms with Crippen LogP contribution < -0.4 is 15.5 Å². The first-order valence-electron chi connectivity index (χ1n) is 8.76. The summed E-state index contributed by atoms with van der Waals surface area (Å²) in [6, 6.07) is 8.68. The van der Waals surface area contributed by atoms with Crippen molar-refractivity contribution in [3.63, 3.8) is 0 Å². The summed E-state index contributed by atoms with van der Waals surface area (Å²) in [5, 5.41) is 6.78. The molecule has 1 aromatic carbocycles. The standard InChI is InChI=1S/C19H28N4O/c1-19(9-6-12-24-19)15-22-18(20-2)21-14-16-7-5-8-17(13-16)23-10-3-4-11-23/h3-5,7-8,13H,6,9-12,14-15H2,1-2H3,(H2,20,21,22). The molecule has 1 aromatic rings. The van der Waals surface area contributed by atoms with Gasteiger partial charge in [0.2, 0.25) is 0 Å². The van der Waals surface area contributed by atoms with Crippen molar-refractivity contribution in [3.05, 3.63) is 42.0 Å². The van der Waals surface area contributed by atoms with E-state index >= 15 is 0 Å². The van der Waals surface area contributed by atoms with E-state index in [0.29, 0.717) is 0 Å². The number of hydrogen-bond acceptors (Lipinski definition) is 3. The summed E-state index contributed by atoms with van der Waals surface area (Å²) in [6.45, 7) is 6.56. The van der Waals surface area contributed by atoms with Crippen molar-refractivity contribution in [1.29, 1.82) is 0 Å². The lowest BCUT2D eigenvalue weighted by Crippen LogP contribution is -2.45. The van der Waals surface area contributed by atoms with Gasteiger partial charge in [0.25, 0.3) is 0 Å². The molecule has 24 heavy (non-hydrogen) atoms. The Bertz CT molecular complexity index is 597. The summed E-state index contributed by atoms with van der Waals surface area (Å²) < 4.78 is 5.81. The van der Waals surface area contributed by atoms with Crippen molar-refractivity contribution in [3.8, 4) is 0 Å². The predicted molar refractivity (Wildman–Crippen MR) is 99.6 cm³/mol. The summed E-state index contributed by atoms with van der Waals surface area (Å²) in [7, 11) is 1.81. The van der Waals surface area contributed by atoms with Crippen LogP contribution in [0.4, 0.5) is 5.69 Å². The average molecular weight is 328 g/mol. The second kappa shape index (κ2) is 7.71. The Balaban J connectivity index is 1.51. The van der Waals surface area contributed by atoms with Crippen molar-refractivity contribution in [2.24, 2.45) is 4.99 Å². The Labute approximate surface area is 144 Å². The Morgan fingerprint density at radius 1 is 1.29 bits per heavy atom. The highest BCUT2D eigenvalue weighted by Gasteiger charge is 2.29. The molecule has 0 aromatic heterocycles. The second-order valence-corrected chi connectivity index (χ2v) is 6.73. The topological polar surface area (TPSA) is 48.9 Å². The third-order valence-electron chi connectivity index (χ3n) is 4.71. The van der Waals surface area contributed by atoms with Crippen LogP contribution in [-0.4, -0.2) is 44.8 Å². The number of anilines is 1. The van der Waals surface area contributed by atoms with Gasteiger partial charge < -0.3 is 20.3 Å². The molecule has 2 aliphatic rings. The molecule has 2 heterocycles. The molecule has 0 saturated carbocycles. The number of nitrogens with one attached hydrogen (secondary N) is 2. The Hall–Kier alpha value is -2.01. The van der Waals surface area contributed by atoms with Crippen molar-refractivity contribution < 1.29 is 4.74 Å². The number of guanidine groups is 1. The molecule has 1 fully saturated rings. The van der Waals surface area contributed by atoms with E-state index in [9.17, 15) is 0 Å². The van der Waals surface area contributed by atoms with Crippen LogP contribution in [0.2, 0.25) is 0 Å². The molecule has 5 nitrogen and oxygen atoms in total. The van der Waals surface area contributed by atoms with Gasteiger partial charge >= 0.3 is 0 Å². The number of ether oxygens (including phenoxy) is 1. The highest BCUT2D eigenvalue weighted by molar-refractivity contribution is 5.79. The average Bonchev–Trinajstić information content (AvgIpc) is 3.27. The van der Waals surface area contributed by atoms with Gasteiger partial charge in [-0.05, 0) is 37.5 Å². The summed E-state index contributed by atoms with van der Waals surface area (Å²) in [5.41, 5.74) is 2.46. The zero-order chi connectivity index (χ0) is 16.8. The quantitative estimate of drug-likeness (QED) is 0.495. The molecule has 1 atom stereocenters. The number of benzene rings is 1. The Morgan fingerprint density at radius 3 is 2.83 bits per heavy atom. The summed E-state index contributed by atoms with van der Waals surface area (Å²) in [5.74, 6) is 0.819. The Morgan fingerprint density at radius 2 is 2.12 bits per heavy atom. The molecular weight excluding hydrogens is 300 g/mol. The lowest BCUT2D eigenvalue weighted by Gasteiger charge is -2.24. The SMILES string of the molecule is CN=C(NCc1cccc(N2CC=CC2)c1)NCC1(C)CCCO1. The maximum absolute atomic E-state index is 5.81. The smallest absolute Gasteiger partial charge is 0.191 e. The minimum atomic E-state index is -0.0692. The predicted octanol–water partition coefficient (Wildman–Crippen LogP) is 2.30. The van der Waals surface area contributed by atoms with Crippen LogP contribution in [-0.2, 0) is 11.3 Å². The normalized spacial score (nSPS) is 23.8. The molecule has 2 aliphatic heterocycles. The first-order valence-corrected chi connectivity index (χ1v) is 8.76. The molecule has 2 N–H and O–H groups in total. The largest absolute Gasteiger partial charge is 0.373 e. The maximum atomic E-state index is 5.81. The number of nitrogens with zero attached hydrogens (tertiary/aromatic N) is 2. The zero-order valence-electron chi connectivity index (χ0n) is 14.7. The minimum Gasteiger partial charge on any atom is -0.373 e. The minimum absolute atomic E-state index is 0.0692. The highest BCUT2D eigenvalue weighted by atomic mass is 16.5. The molecule has 1 saturated heterocycles. The van der Waals surface area contributed by atoms with Crippen molar-refractivity contribution in [2.75, 3.05) is 38.2 Å². The maximum Gasteiger partial charge on any atom is 0.191 e. The fourth-order valence-corrected chi connectivity index (χ4v) is 3.21. The zero-order valence-corrected chi connectivity index (χ0v) is 14.7. The van der Waals surface area contributed by atoms with Crippen molar-refractivity contribution >= 4 is 11.6 Å². The van der Waals surface area contributed by atoms with E-state index in [-0.39, 0.29) is 5.60 Å². The van der Waals surface area contributed by atoms with E-state index in [0.717, 1.165) is 51.6 Å². The molecule has 0 radical (unpaired) electrons. The van der Waals surface area contributed by atoms with E-state index in [1.165, 1.54) is 11.3 Å². The van der Waals surface area contributed by atoms with E-state index in [1.807, 2.05) is 0 Å². The van der Waals surface area contributed by atoms with Gasteiger partial charge in [-0.15, -0.1) is 0 Å². The number of aliphatic imine (C=N–C) groups is 1. The van der Waals surface area contributed by atoms with Crippen LogP contribution >= 0.6 is 0 Å². The van der Waals surface area contributed by atoms with Gasteiger partial charge in [-0.1, -0.05) is 24.3 Å².